The summed E-state index contributed by atoms with van der Waals surface area (Å²) in [5.74, 6) is 0.298. The lowest BCUT2D eigenvalue weighted by molar-refractivity contribution is -0.228. The highest BCUT2D eigenvalue weighted by molar-refractivity contribution is 7.85. The number of carbonyl (C=O) groups excluding carboxylic acids is 1. The van der Waals surface area contributed by atoms with E-state index in [1.54, 1.807) is 30.3 Å². The van der Waals surface area contributed by atoms with Gasteiger partial charge in [-0.15, -0.1) is 0 Å². The summed E-state index contributed by atoms with van der Waals surface area (Å²) in [6.07, 6.45) is 5.43. The first-order valence-electron chi connectivity index (χ1n) is 16.5. The van der Waals surface area contributed by atoms with Crippen LogP contribution >= 0.6 is 0 Å². The quantitative estimate of drug-likeness (QED) is 0.300. The summed E-state index contributed by atoms with van der Waals surface area (Å²) >= 11 is 0. The van der Waals surface area contributed by atoms with Crippen molar-refractivity contribution in [3.05, 3.63) is 35.9 Å². The number of hydrogen-bond donors (Lipinski definition) is 4. The lowest BCUT2D eigenvalue weighted by Gasteiger charge is -2.65. The predicted octanol–water partition coefficient (Wildman–Crippen LogP) is 4.40. The predicted molar refractivity (Wildman–Crippen MR) is 163 cm³/mol. The van der Waals surface area contributed by atoms with Crippen LogP contribution in [-0.2, 0) is 14.9 Å². The molecule has 4 saturated carbocycles. The van der Waals surface area contributed by atoms with Gasteiger partial charge in [-0.2, -0.15) is 0 Å². The number of amides is 1. The van der Waals surface area contributed by atoms with Crippen molar-refractivity contribution in [2.24, 2.45) is 52.3 Å². The van der Waals surface area contributed by atoms with E-state index in [-0.39, 0.29) is 70.7 Å². The van der Waals surface area contributed by atoms with Crippen LogP contribution in [0.3, 0.4) is 0 Å². The Kier molecular flexibility index (Phi) is 9.44. The molecule has 1 aromatic rings. The average Bonchev–Trinajstić information content (AvgIpc) is 3.31. The normalized spacial score (nSPS) is 42.3. The van der Waals surface area contributed by atoms with E-state index in [4.69, 9.17) is 0 Å². The van der Waals surface area contributed by atoms with Gasteiger partial charge in [0, 0.05) is 6.42 Å². The van der Waals surface area contributed by atoms with Gasteiger partial charge in [0.25, 0.3) is 0 Å². The van der Waals surface area contributed by atoms with Crippen molar-refractivity contribution in [2.75, 3.05) is 5.75 Å². The maximum absolute atomic E-state index is 13.0. The molecular weight excluding hydrogens is 566 g/mol. The number of carbonyl (C=O) groups is 1. The molecule has 242 valence electrons. The van der Waals surface area contributed by atoms with Crippen molar-refractivity contribution in [1.29, 1.82) is 0 Å². The molecule has 8 nitrogen and oxygen atoms in total. The zero-order chi connectivity index (χ0) is 31.3. The van der Waals surface area contributed by atoms with Crippen LogP contribution in [-0.4, -0.2) is 58.3 Å². The van der Waals surface area contributed by atoms with Crippen LogP contribution < -0.4 is 5.32 Å². The summed E-state index contributed by atoms with van der Waals surface area (Å²) in [4.78, 5) is 13.0. The highest BCUT2D eigenvalue weighted by atomic mass is 32.2. The van der Waals surface area contributed by atoms with Crippen LogP contribution in [0.5, 0.6) is 0 Å². The summed E-state index contributed by atoms with van der Waals surface area (Å²) < 4.78 is 34.7. The van der Waals surface area contributed by atoms with Crippen molar-refractivity contribution >= 4 is 16.0 Å². The topological polar surface area (TPSA) is 147 Å². The number of hydrogen-bond acceptors (Lipinski definition) is 7. The Morgan fingerprint density at radius 2 is 1.74 bits per heavy atom. The Bertz CT molecular complexity index is 1240. The molecule has 1 aromatic carbocycles. The van der Waals surface area contributed by atoms with Crippen LogP contribution in [0.25, 0.3) is 0 Å². The molecular formula is C34H52NO7S-. The van der Waals surface area contributed by atoms with Gasteiger partial charge in [0.1, 0.15) is 0 Å². The molecule has 13 atom stereocenters. The molecule has 4 aliphatic rings. The molecule has 1 amide bonds. The van der Waals surface area contributed by atoms with Crippen LogP contribution in [0.4, 0.5) is 0 Å². The third-order valence-corrected chi connectivity index (χ3v) is 13.7. The first-order chi connectivity index (χ1) is 20.2. The molecule has 5 rings (SSSR count). The van der Waals surface area contributed by atoms with Crippen LogP contribution in [0, 0.1) is 52.3 Å². The van der Waals surface area contributed by atoms with Gasteiger partial charge in [-0.25, -0.2) is 8.42 Å². The Morgan fingerprint density at radius 3 is 2.40 bits per heavy atom. The summed E-state index contributed by atoms with van der Waals surface area (Å²) in [6, 6.07) is 7.79. The second-order valence-corrected chi connectivity index (χ2v) is 16.4. The highest BCUT2D eigenvalue weighted by Crippen LogP contribution is 2.69. The smallest absolute Gasteiger partial charge is 0.220 e. The van der Waals surface area contributed by atoms with E-state index >= 15 is 0 Å². The molecule has 0 saturated heterocycles. The number of nitrogens with one attached hydrogen (secondary N) is 1. The minimum atomic E-state index is -4.55. The van der Waals surface area contributed by atoms with Gasteiger partial charge in [0.05, 0.1) is 40.2 Å². The van der Waals surface area contributed by atoms with Gasteiger partial charge in [-0.3, -0.25) is 4.79 Å². The average molecular weight is 619 g/mol. The summed E-state index contributed by atoms with van der Waals surface area (Å²) in [7, 11) is -4.55. The van der Waals surface area contributed by atoms with Crippen LogP contribution in [0.15, 0.2) is 30.3 Å². The van der Waals surface area contributed by atoms with E-state index < -0.39 is 34.1 Å². The van der Waals surface area contributed by atoms with Crippen molar-refractivity contribution in [2.45, 2.75) is 110 Å². The minimum absolute atomic E-state index is 0.000762. The Balaban J connectivity index is 1.29. The molecule has 0 aromatic heterocycles. The first kappa shape index (κ1) is 32.9. The molecule has 0 unspecified atom stereocenters. The zero-order valence-corrected chi connectivity index (χ0v) is 27.0. The number of aliphatic hydroxyl groups excluding tert-OH is 3. The van der Waals surface area contributed by atoms with Crippen LogP contribution in [0.2, 0.25) is 0 Å². The van der Waals surface area contributed by atoms with E-state index in [1.807, 2.05) is 0 Å². The molecule has 43 heavy (non-hydrogen) atoms. The van der Waals surface area contributed by atoms with Gasteiger partial charge in [-0.05, 0) is 103 Å². The van der Waals surface area contributed by atoms with Crippen molar-refractivity contribution in [3.8, 4) is 0 Å². The van der Waals surface area contributed by atoms with Gasteiger partial charge < -0.3 is 25.2 Å². The van der Waals surface area contributed by atoms with E-state index in [9.17, 15) is 33.1 Å². The van der Waals surface area contributed by atoms with Crippen molar-refractivity contribution in [1.82, 2.24) is 5.32 Å². The van der Waals surface area contributed by atoms with Gasteiger partial charge in [0.15, 0.2) is 0 Å². The fourth-order valence-electron chi connectivity index (χ4n) is 10.8. The zero-order valence-electron chi connectivity index (χ0n) is 26.2. The standard InChI is InChI=1S/C34H53NO7S/c1-5-23-26-17-22(36)15-16-33(26,3)27-18-29(37)34(4)24(12-13-25(34)31(27)32(23)39)20(2)11-14-30(38)35-28(19-43(40,41)42)21-9-7-6-8-10-21/h6-10,20,22-29,31-32,36-37,39H,5,11-19H2,1-4H3,(H,35,38)(H,40,41,42)/p-1/t20-,22-,23-,24-,25+,26+,27+,28+,29+,31+,32-,33+,34-/m1/s1. The SMILES string of the molecule is CC[C@H]1[C@@H](O)[C@@H]2[C@H](C[C@H](O)[C@]3(C)[C@@H]([C@H](C)CCC(=O)N[C@@H](CS(=O)(=O)[O-])c4ccccc4)CC[C@@H]23)[C@@]2(C)CC[C@@H](O)C[C@@H]12. The molecule has 4 fully saturated rings. The lowest BCUT2D eigenvalue weighted by Crippen LogP contribution is -2.65. The van der Waals surface area contributed by atoms with Crippen molar-refractivity contribution in [3.63, 3.8) is 0 Å². The van der Waals surface area contributed by atoms with Crippen molar-refractivity contribution < 1.29 is 33.1 Å². The van der Waals surface area contributed by atoms with E-state index in [0.717, 1.165) is 38.5 Å². The second-order valence-electron chi connectivity index (χ2n) is 15.0. The van der Waals surface area contributed by atoms with Gasteiger partial charge in [-0.1, -0.05) is 64.4 Å². The third-order valence-electron chi connectivity index (χ3n) is 13.0. The van der Waals surface area contributed by atoms with Crippen LogP contribution in [0.1, 0.15) is 97.1 Å². The monoisotopic (exact) mass is 618 g/mol. The molecule has 0 radical (unpaired) electrons. The van der Waals surface area contributed by atoms with E-state index in [1.165, 1.54) is 0 Å². The molecule has 0 bridgehead atoms. The van der Waals surface area contributed by atoms with E-state index in [2.05, 4.69) is 33.0 Å². The Labute approximate surface area is 257 Å². The van der Waals surface area contributed by atoms with Gasteiger partial charge >= 0.3 is 0 Å². The largest absolute Gasteiger partial charge is 0.748 e. The molecule has 0 spiro atoms. The summed E-state index contributed by atoms with van der Waals surface area (Å²) in [6.45, 7) is 8.88. The molecule has 0 aliphatic heterocycles. The fraction of sp³-hybridized carbons (Fsp3) is 0.794. The number of benzene rings is 1. The Morgan fingerprint density at radius 1 is 1.05 bits per heavy atom. The van der Waals surface area contributed by atoms with E-state index in [0.29, 0.717) is 18.4 Å². The molecule has 0 heterocycles. The molecule has 9 heteroatoms. The summed E-state index contributed by atoms with van der Waals surface area (Å²) in [5, 5.41) is 37.1. The number of fused-ring (bicyclic) bond motifs is 5. The maximum atomic E-state index is 13.0. The summed E-state index contributed by atoms with van der Waals surface area (Å²) in [5.41, 5.74) is 0.215. The molecule has 4 N–H and O–H groups in total. The third kappa shape index (κ3) is 6.06. The lowest BCUT2D eigenvalue weighted by atomic mass is 9.41. The maximum Gasteiger partial charge on any atom is 0.220 e. The first-order valence-corrected chi connectivity index (χ1v) is 18.1. The number of rotatable bonds is 9. The number of aliphatic hydroxyl groups is 3. The van der Waals surface area contributed by atoms with Gasteiger partial charge in [0.2, 0.25) is 5.91 Å². The second kappa shape index (κ2) is 12.3. The minimum Gasteiger partial charge on any atom is -0.748 e. The highest BCUT2D eigenvalue weighted by Gasteiger charge is 2.67. The Hall–Kier alpha value is -1.52. The molecule has 4 aliphatic carbocycles. The fourth-order valence-corrected chi connectivity index (χ4v) is 11.5.